The quantitative estimate of drug-likeness (QED) is 0.268. The monoisotopic (exact) mass is 505 g/mol. The fourth-order valence-corrected chi connectivity index (χ4v) is 5.60. The molecular formula is C28H23N7OS. The Labute approximate surface area is 218 Å². The lowest BCUT2D eigenvalue weighted by atomic mass is 10.0. The molecule has 182 valence electrons. The molecule has 0 fully saturated rings. The maximum absolute atomic E-state index is 10.4. The molecule has 0 radical (unpaired) electrons. The molecule has 1 aliphatic heterocycles. The fourth-order valence-electron chi connectivity index (χ4n) is 4.50. The fraction of sp³-hybridized carbons (Fsp3) is 0.179. The van der Waals surface area contributed by atoms with Crippen molar-refractivity contribution in [1.82, 2.24) is 24.5 Å². The second-order valence-corrected chi connectivity index (χ2v) is 9.92. The lowest BCUT2D eigenvalue weighted by Crippen LogP contribution is -2.09. The van der Waals surface area contributed by atoms with Crippen LogP contribution in [0.3, 0.4) is 0 Å². The molecule has 0 spiro atoms. The summed E-state index contributed by atoms with van der Waals surface area (Å²) in [4.78, 5) is 22.2. The van der Waals surface area contributed by atoms with Crippen LogP contribution in [0.25, 0.3) is 38.5 Å². The van der Waals surface area contributed by atoms with Gasteiger partial charge in [0.2, 0.25) is 5.69 Å². The van der Waals surface area contributed by atoms with Crippen LogP contribution in [0, 0.1) is 6.57 Å². The topological polar surface area (TPSA) is 93.1 Å². The molecule has 2 aromatic carbocycles. The summed E-state index contributed by atoms with van der Waals surface area (Å²) in [5.41, 5.74) is 5.55. The van der Waals surface area contributed by atoms with E-state index in [9.17, 15) is 5.11 Å². The maximum atomic E-state index is 10.4. The predicted molar refractivity (Wildman–Crippen MR) is 146 cm³/mol. The number of aromatic hydroxyl groups is 1. The Hall–Kier alpha value is -4.42. The molecular weight excluding hydrogens is 482 g/mol. The Morgan fingerprint density at radius 3 is 2.78 bits per heavy atom. The number of imidazole rings is 1. The van der Waals surface area contributed by atoms with Crippen LogP contribution in [0.5, 0.6) is 5.75 Å². The van der Waals surface area contributed by atoms with Crippen molar-refractivity contribution in [1.29, 1.82) is 0 Å². The molecule has 3 aromatic heterocycles. The number of benzene rings is 2. The van der Waals surface area contributed by atoms with E-state index in [1.54, 1.807) is 30.1 Å². The third-order valence-electron chi connectivity index (χ3n) is 6.36. The van der Waals surface area contributed by atoms with E-state index in [0.29, 0.717) is 29.4 Å². The summed E-state index contributed by atoms with van der Waals surface area (Å²) in [7, 11) is 0. The van der Waals surface area contributed by atoms with Crippen LogP contribution < -0.4 is 5.32 Å². The third-order valence-corrected chi connectivity index (χ3v) is 7.56. The molecule has 1 aliphatic rings. The molecule has 4 heterocycles. The molecule has 5 aromatic rings. The van der Waals surface area contributed by atoms with E-state index in [1.165, 1.54) is 6.20 Å². The van der Waals surface area contributed by atoms with Crippen molar-refractivity contribution in [3.8, 4) is 28.3 Å². The Kier molecular flexibility index (Phi) is 5.94. The van der Waals surface area contributed by atoms with Gasteiger partial charge in [0.1, 0.15) is 5.75 Å². The third kappa shape index (κ3) is 4.36. The van der Waals surface area contributed by atoms with Crippen molar-refractivity contribution >= 4 is 34.4 Å². The number of nitrogens with one attached hydrogen (secondary N) is 1. The summed E-state index contributed by atoms with van der Waals surface area (Å²) in [6, 6.07) is 17.6. The summed E-state index contributed by atoms with van der Waals surface area (Å²) < 4.78 is 2.16. The summed E-state index contributed by atoms with van der Waals surface area (Å²) in [6.07, 6.45) is 3.94. The van der Waals surface area contributed by atoms with Crippen LogP contribution in [-0.4, -0.2) is 41.9 Å². The van der Waals surface area contributed by atoms with E-state index in [4.69, 9.17) is 21.5 Å². The number of phenolic OH excluding ortho intramolecular Hbond substituents is 1. The molecule has 0 unspecified atom stereocenters. The second kappa shape index (κ2) is 9.56. The first-order valence-electron chi connectivity index (χ1n) is 12.0. The SMILES string of the molecule is [C-]#[N+]c1cncc(-c2nc(NCCc3ccc(O)c(-c4ccccc4)c3)c3nc4n(c3n2)[C@H](C)CS4)c1. The number of nitrogens with zero attached hydrogens (tertiary/aromatic N) is 6. The molecule has 9 heteroatoms. The van der Waals surface area contributed by atoms with E-state index in [-0.39, 0.29) is 11.8 Å². The van der Waals surface area contributed by atoms with Gasteiger partial charge in [0.15, 0.2) is 28.0 Å². The minimum atomic E-state index is 0.263. The van der Waals surface area contributed by atoms with E-state index in [2.05, 4.69) is 26.6 Å². The van der Waals surface area contributed by atoms with Crippen molar-refractivity contribution in [2.45, 2.75) is 24.5 Å². The van der Waals surface area contributed by atoms with Crippen molar-refractivity contribution in [2.75, 3.05) is 17.6 Å². The van der Waals surface area contributed by atoms with Gasteiger partial charge in [-0.15, -0.1) is 0 Å². The van der Waals surface area contributed by atoms with Gasteiger partial charge < -0.3 is 10.4 Å². The molecule has 0 saturated carbocycles. The molecule has 0 bridgehead atoms. The largest absolute Gasteiger partial charge is 0.507 e. The van der Waals surface area contributed by atoms with Crippen LogP contribution in [-0.2, 0) is 6.42 Å². The van der Waals surface area contributed by atoms with Crippen LogP contribution in [0.2, 0.25) is 0 Å². The maximum Gasteiger partial charge on any atom is 0.205 e. The molecule has 0 aliphatic carbocycles. The molecule has 0 saturated heterocycles. The van der Waals surface area contributed by atoms with Crippen LogP contribution in [0.15, 0.2) is 72.1 Å². The second-order valence-electron chi connectivity index (χ2n) is 8.93. The zero-order valence-electron chi connectivity index (χ0n) is 20.1. The van der Waals surface area contributed by atoms with Crippen molar-refractivity contribution in [2.24, 2.45) is 0 Å². The Balaban J connectivity index is 1.32. The van der Waals surface area contributed by atoms with Crippen LogP contribution >= 0.6 is 11.8 Å². The highest BCUT2D eigenvalue weighted by Crippen LogP contribution is 2.38. The zero-order chi connectivity index (χ0) is 25.4. The summed E-state index contributed by atoms with van der Waals surface area (Å²) >= 11 is 1.72. The van der Waals surface area contributed by atoms with Gasteiger partial charge in [-0.2, -0.15) is 0 Å². The van der Waals surface area contributed by atoms with E-state index < -0.39 is 0 Å². The highest BCUT2D eigenvalue weighted by molar-refractivity contribution is 7.99. The molecule has 8 nitrogen and oxygen atoms in total. The lowest BCUT2D eigenvalue weighted by molar-refractivity contribution is 0.477. The number of aromatic nitrogens is 5. The summed E-state index contributed by atoms with van der Waals surface area (Å²) in [6.45, 7) is 10.1. The van der Waals surface area contributed by atoms with Crippen LogP contribution in [0.4, 0.5) is 11.5 Å². The van der Waals surface area contributed by atoms with Crippen molar-refractivity contribution < 1.29 is 5.11 Å². The highest BCUT2D eigenvalue weighted by Gasteiger charge is 2.26. The average molecular weight is 506 g/mol. The molecule has 0 amide bonds. The number of rotatable bonds is 6. The van der Waals surface area contributed by atoms with Gasteiger partial charge >= 0.3 is 0 Å². The number of hydrogen-bond donors (Lipinski definition) is 2. The molecule has 1 atom stereocenters. The molecule has 2 N–H and O–H groups in total. The first-order chi connectivity index (χ1) is 18.1. The normalized spacial score (nSPS) is 14.4. The Morgan fingerprint density at radius 2 is 1.95 bits per heavy atom. The molecule has 37 heavy (non-hydrogen) atoms. The lowest BCUT2D eigenvalue weighted by Gasteiger charge is -2.12. The van der Waals surface area contributed by atoms with Crippen molar-refractivity contribution in [3.63, 3.8) is 0 Å². The number of hydrogen-bond acceptors (Lipinski definition) is 7. The van der Waals surface area contributed by atoms with Gasteiger partial charge in [-0.25, -0.2) is 19.8 Å². The van der Waals surface area contributed by atoms with Crippen molar-refractivity contribution in [3.05, 3.63) is 84.0 Å². The van der Waals surface area contributed by atoms with Gasteiger partial charge in [0.25, 0.3) is 0 Å². The summed E-state index contributed by atoms with van der Waals surface area (Å²) in [5.74, 6) is 2.39. The molecule has 6 rings (SSSR count). The standard InChI is InChI=1S/C28H23N7OS/c1-17-16-37-28-32-24-26(33-25(34-27(24)35(17)28)20-13-21(29-2)15-30-14-20)31-11-10-18-8-9-23(36)22(12-18)19-6-4-3-5-7-19/h3-9,12-15,17,36H,10-11,16H2,1H3,(H,31,33,34)/t17-/m1/s1. The van der Waals surface area contributed by atoms with Gasteiger partial charge in [0.05, 0.1) is 6.57 Å². The number of thioether (sulfide) groups is 1. The van der Waals surface area contributed by atoms with E-state index >= 15 is 0 Å². The van der Waals surface area contributed by atoms with Crippen LogP contribution in [0.1, 0.15) is 18.5 Å². The van der Waals surface area contributed by atoms with Gasteiger partial charge in [-0.1, -0.05) is 48.2 Å². The minimum Gasteiger partial charge on any atom is -0.507 e. The van der Waals surface area contributed by atoms with E-state index in [1.807, 2.05) is 42.5 Å². The first-order valence-corrected chi connectivity index (χ1v) is 13.0. The number of pyridine rings is 1. The van der Waals surface area contributed by atoms with E-state index in [0.717, 1.165) is 45.2 Å². The Morgan fingerprint density at radius 1 is 1.08 bits per heavy atom. The predicted octanol–water partition coefficient (Wildman–Crippen LogP) is 6.13. The van der Waals surface area contributed by atoms with Gasteiger partial charge in [0, 0.05) is 41.9 Å². The number of fused-ring (bicyclic) bond motifs is 3. The highest BCUT2D eigenvalue weighted by atomic mass is 32.2. The smallest absolute Gasteiger partial charge is 0.205 e. The van der Waals surface area contributed by atoms with Gasteiger partial charge in [-0.05, 0) is 42.7 Å². The minimum absolute atomic E-state index is 0.263. The zero-order valence-corrected chi connectivity index (χ0v) is 20.9. The summed E-state index contributed by atoms with van der Waals surface area (Å²) in [5, 5.41) is 14.8. The Bertz CT molecular complexity index is 1660. The number of phenols is 1. The van der Waals surface area contributed by atoms with Gasteiger partial charge in [-0.3, -0.25) is 9.55 Å². The number of anilines is 1. The average Bonchev–Trinajstić information content (AvgIpc) is 3.49. The first kappa shape index (κ1) is 23.0.